The molecule has 0 bridgehead atoms. The van der Waals surface area contributed by atoms with E-state index in [1.165, 1.54) is 19.3 Å². The zero-order chi connectivity index (χ0) is 11.0. The first kappa shape index (κ1) is 11.7. The Morgan fingerprint density at radius 3 is 2.29 bits per heavy atom. The van der Waals surface area contributed by atoms with Crippen molar-refractivity contribution in [2.24, 2.45) is 16.7 Å². The van der Waals surface area contributed by atoms with E-state index in [1.807, 2.05) is 20.8 Å². The Morgan fingerprint density at radius 1 is 1.29 bits per heavy atom. The minimum atomic E-state index is -0.180. The predicted molar refractivity (Wildman–Crippen MR) is 60.2 cm³/mol. The Kier molecular flexibility index (Phi) is 3.08. The lowest BCUT2D eigenvalue weighted by atomic mass is 9.61. The van der Waals surface area contributed by atoms with Gasteiger partial charge in [0.2, 0.25) is 0 Å². The molecule has 2 atom stereocenters. The van der Waals surface area contributed by atoms with Crippen molar-refractivity contribution < 1.29 is 4.79 Å². The van der Waals surface area contributed by atoms with Crippen LogP contribution in [-0.4, -0.2) is 5.78 Å². The van der Waals surface area contributed by atoms with Gasteiger partial charge in [0, 0.05) is 10.8 Å². The summed E-state index contributed by atoms with van der Waals surface area (Å²) in [7, 11) is 0. The monoisotopic (exact) mass is 196 g/mol. The summed E-state index contributed by atoms with van der Waals surface area (Å²) in [6.45, 7) is 10.5. The maximum atomic E-state index is 12.4. The molecule has 0 aromatic carbocycles. The van der Waals surface area contributed by atoms with E-state index in [4.69, 9.17) is 0 Å². The van der Waals surface area contributed by atoms with Gasteiger partial charge in [0.1, 0.15) is 5.78 Å². The van der Waals surface area contributed by atoms with Gasteiger partial charge in [0.25, 0.3) is 0 Å². The number of hydrogen-bond donors (Lipinski definition) is 0. The molecule has 0 amide bonds. The SMILES string of the molecule is C[C@H]1CCCC[C@@]1(C)C(=O)C(C)(C)C. The van der Waals surface area contributed by atoms with Gasteiger partial charge in [-0.2, -0.15) is 0 Å². The highest BCUT2D eigenvalue weighted by atomic mass is 16.1. The Bertz CT molecular complexity index is 224. The van der Waals surface area contributed by atoms with Gasteiger partial charge in [-0.15, -0.1) is 0 Å². The lowest BCUT2D eigenvalue weighted by Crippen LogP contribution is -2.43. The number of hydrogen-bond acceptors (Lipinski definition) is 1. The summed E-state index contributed by atoms with van der Waals surface area (Å²) in [6, 6.07) is 0. The van der Waals surface area contributed by atoms with Gasteiger partial charge in [0.05, 0.1) is 0 Å². The van der Waals surface area contributed by atoms with Gasteiger partial charge in [-0.05, 0) is 18.8 Å². The molecule has 0 spiro atoms. The molecule has 14 heavy (non-hydrogen) atoms. The fourth-order valence-electron chi connectivity index (χ4n) is 2.70. The van der Waals surface area contributed by atoms with E-state index in [9.17, 15) is 4.79 Å². The Hall–Kier alpha value is -0.330. The highest BCUT2D eigenvalue weighted by Gasteiger charge is 2.44. The molecule has 1 fully saturated rings. The first-order valence-electron chi connectivity index (χ1n) is 5.83. The van der Waals surface area contributed by atoms with E-state index in [2.05, 4.69) is 13.8 Å². The second kappa shape index (κ2) is 3.67. The molecule has 0 aromatic heterocycles. The Morgan fingerprint density at radius 2 is 1.86 bits per heavy atom. The van der Waals surface area contributed by atoms with Crippen LogP contribution in [0.3, 0.4) is 0 Å². The summed E-state index contributed by atoms with van der Waals surface area (Å²) in [5, 5.41) is 0. The van der Waals surface area contributed by atoms with Crippen molar-refractivity contribution in [1.82, 2.24) is 0 Å². The molecule has 0 aromatic rings. The van der Waals surface area contributed by atoms with Crippen molar-refractivity contribution in [3.8, 4) is 0 Å². The number of Topliss-reactive ketones (excluding diaryl/α,β-unsaturated/α-hetero) is 1. The molecule has 1 aliphatic carbocycles. The van der Waals surface area contributed by atoms with Crippen LogP contribution in [0.1, 0.15) is 60.3 Å². The standard InChI is InChI=1S/C13H24O/c1-10-8-6-7-9-13(10,5)11(14)12(2,3)4/h10H,6-9H2,1-5H3/t10-,13+/m0/s1. The molecule has 1 saturated carbocycles. The third kappa shape index (κ3) is 2.02. The van der Waals surface area contributed by atoms with Gasteiger partial charge in [-0.3, -0.25) is 4.79 Å². The summed E-state index contributed by atoms with van der Waals surface area (Å²) < 4.78 is 0. The van der Waals surface area contributed by atoms with Crippen molar-refractivity contribution in [2.45, 2.75) is 60.3 Å². The molecule has 0 radical (unpaired) electrons. The van der Waals surface area contributed by atoms with Gasteiger partial charge in [0.15, 0.2) is 0 Å². The van der Waals surface area contributed by atoms with Gasteiger partial charge >= 0.3 is 0 Å². The molecule has 82 valence electrons. The summed E-state index contributed by atoms with van der Waals surface area (Å²) in [5.74, 6) is 1.01. The predicted octanol–water partition coefficient (Wildman–Crippen LogP) is 3.82. The first-order valence-corrected chi connectivity index (χ1v) is 5.83. The van der Waals surface area contributed by atoms with Crippen molar-refractivity contribution in [3.05, 3.63) is 0 Å². The summed E-state index contributed by atoms with van der Waals surface area (Å²) >= 11 is 0. The zero-order valence-corrected chi connectivity index (χ0v) is 10.3. The molecule has 1 rings (SSSR count). The Balaban J connectivity index is 2.87. The van der Waals surface area contributed by atoms with Crippen molar-refractivity contribution in [1.29, 1.82) is 0 Å². The van der Waals surface area contributed by atoms with E-state index in [0.29, 0.717) is 11.7 Å². The van der Waals surface area contributed by atoms with Gasteiger partial charge < -0.3 is 0 Å². The van der Waals surface area contributed by atoms with Crippen LogP contribution in [0.15, 0.2) is 0 Å². The summed E-state index contributed by atoms with van der Waals surface area (Å²) in [6.07, 6.45) is 4.83. The number of rotatable bonds is 1. The van der Waals surface area contributed by atoms with Crippen molar-refractivity contribution in [2.75, 3.05) is 0 Å². The van der Waals surface area contributed by atoms with Gasteiger partial charge in [-0.25, -0.2) is 0 Å². The molecule has 0 N–H and O–H groups in total. The lowest BCUT2D eigenvalue weighted by molar-refractivity contribution is -0.140. The van der Waals surface area contributed by atoms with E-state index in [-0.39, 0.29) is 10.8 Å². The van der Waals surface area contributed by atoms with Crippen LogP contribution in [0, 0.1) is 16.7 Å². The molecule has 0 heterocycles. The highest BCUT2D eigenvalue weighted by Crippen LogP contribution is 2.45. The third-order valence-electron chi connectivity index (χ3n) is 3.87. The van der Waals surface area contributed by atoms with Crippen LogP contribution in [0.2, 0.25) is 0 Å². The van der Waals surface area contributed by atoms with Crippen LogP contribution < -0.4 is 0 Å². The topological polar surface area (TPSA) is 17.1 Å². The number of carbonyl (C=O) groups is 1. The Labute approximate surface area is 88.3 Å². The highest BCUT2D eigenvalue weighted by molar-refractivity contribution is 5.89. The van der Waals surface area contributed by atoms with Crippen LogP contribution in [0.4, 0.5) is 0 Å². The van der Waals surface area contributed by atoms with Crippen molar-refractivity contribution in [3.63, 3.8) is 0 Å². The van der Waals surface area contributed by atoms with E-state index < -0.39 is 0 Å². The minimum absolute atomic E-state index is 0.0590. The van der Waals surface area contributed by atoms with Crippen LogP contribution in [0.5, 0.6) is 0 Å². The largest absolute Gasteiger partial charge is 0.298 e. The van der Waals surface area contributed by atoms with Crippen LogP contribution in [-0.2, 0) is 4.79 Å². The number of ketones is 1. The van der Waals surface area contributed by atoms with E-state index >= 15 is 0 Å². The molecular formula is C13H24O. The summed E-state index contributed by atoms with van der Waals surface area (Å²) in [4.78, 5) is 12.4. The van der Waals surface area contributed by atoms with Crippen LogP contribution >= 0.6 is 0 Å². The molecule has 0 saturated heterocycles. The maximum Gasteiger partial charge on any atom is 0.144 e. The average Bonchev–Trinajstić information content (AvgIpc) is 2.07. The fraction of sp³-hybridized carbons (Fsp3) is 0.923. The quantitative estimate of drug-likeness (QED) is 0.623. The van der Waals surface area contributed by atoms with Crippen molar-refractivity contribution >= 4 is 5.78 Å². The molecule has 1 nitrogen and oxygen atoms in total. The van der Waals surface area contributed by atoms with E-state index in [1.54, 1.807) is 0 Å². The second-order valence-electron chi connectivity index (χ2n) is 6.14. The first-order chi connectivity index (χ1) is 6.28. The molecular weight excluding hydrogens is 172 g/mol. The minimum Gasteiger partial charge on any atom is -0.298 e. The van der Waals surface area contributed by atoms with E-state index in [0.717, 1.165) is 6.42 Å². The molecule has 0 aliphatic heterocycles. The normalized spacial score (nSPS) is 34.2. The summed E-state index contributed by atoms with van der Waals surface area (Å²) in [5.41, 5.74) is -0.239. The van der Waals surface area contributed by atoms with Crippen LogP contribution in [0.25, 0.3) is 0 Å². The molecule has 1 heteroatoms. The smallest absolute Gasteiger partial charge is 0.144 e. The average molecular weight is 196 g/mol. The fourth-order valence-corrected chi connectivity index (χ4v) is 2.70. The zero-order valence-electron chi connectivity index (χ0n) is 10.3. The number of carbonyl (C=O) groups excluding carboxylic acids is 1. The molecule has 0 unspecified atom stereocenters. The third-order valence-corrected chi connectivity index (χ3v) is 3.87. The second-order valence-corrected chi connectivity index (χ2v) is 6.14. The maximum absolute atomic E-state index is 12.4. The lowest BCUT2D eigenvalue weighted by Gasteiger charge is -2.42. The molecule has 1 aliphatic rings. The van der Waals surface area contributed by atoms with Gasteiger partial charge in [-0.1, -0.05) is 47.5 Å².